The summed E-state index contributed by atoms with van der Waals surface area (Å²) in [5, 5.41) is 8.03. The monoisotopic (exact) mass is 277 g/mol. The van der Waals surface area contributed by atoms with Crippen molar-refractivity contribution in [1.82, 2.24) is 10.6 Å². The molecule has 3 N–H and O–H groups in total. The molecule has 0 heterocycles. The highest BCUT2D eigenvalue weighted by Crippen LogP contribution is 2.21. The number of amides is 3. The first-order chi connectivity index (χ1) is 9.43. The summed E-state index contributed by atoms with van der Waals surface area (Å²) in [7, 11) is 0. The molecule has 3 amide bonds. The molecule has 110 valence electrons. The normalized spacial score (nSPS) is 10.0. The Labute approximate surface area is 120 Å². The lowest BCUT2D eigenvalue weighted by molar-refractivity contribution is -0.120. The summed E-state index contributed by atoms with van der Waals surface area (Å²) in [6, 6.07) is 3.65. The van der Waals surface area contributed by atoms with E-state index < -0.39 is 0 Å². The molecule has 20 heavy (non-hydrogen) atoms. The molecule has 0 bridgehead atoms. The summed E-state index contributed by atoms with van der Waals surface area (Å²) < 4.78 is 0. The molecule has 1 aromatic rings. The average Bonchev–Trinajstić information content (AvgIpc) is 2.38. The number of hydrogen-bond donors (Lipinski definition) is 3. The molecule has 1 rings (SSSR count). The number of hydrogen-bond acceptors (Lipinski definition) is 2. The van der Waals surface area contributed by atoms with Crippen LogP contribution in [-0.4, -0.2) is 25.0 Å². The quantitative estimate of drug-likeness (QED) is 0.772. The Morgan fingerprint density at radius 2 is 1.65 bits per heavy atom. The maximum atomic E-state index is 11.8. The van der Waals surface area contributed by atoms with Gasteiger partial charge in [-0.1, -0.05) is 24.6 Å². The largest absolute Gasteiger partial charge is 0.355 e. The van der Waals surface area contributed by atoms with Gasteiger partial charge in [0, 0.05) is 12.2 Å². The van der Waals surface area contributed by atoms with E-state index in [0.717, 1.165) is 28.8 Å². The molecule has 0 fully saturated rings. The first-order valence-electron chi connectivity index (χ1n) is 6.83. The lowest BCUT2D eigenvalue weighted by Crippen LogP contribution is -2.39. The summed E-state index contributed by atoms with van der Waals surface area (Å²) >= 11 is 0. The molecule has 5 heteroatoms. The lowest BCUT2D eigenvalue weighted by atomic mass is 10.1. The zero-order chi connectivity index (χ0) is 15.1. The highest BCUT2D eigenvalue weighted by molar-refractivity contribution is 5.93. The highest BCUT2D eigenvalue weighted by Gasteiger charge is 2.09. The van der Waals surface area contributed by atoms with E-state index in [9.17, 15) is 9.59 Å². The fourth-order valence-electron chi connectivity index (χ4n) is 2.02. The van der Waals surface area contributed by atoms with Crippen molar-refractivity contribution in [3.63, 3.8) is 0 Å². The van der Waals surface area contributed by atoms with Crippen LogP contribution >= 0.6 is 0 Å². The molecule has 0 saturated carbocycles. The van der Waals surface area contributed by atoms with Crippen LogP contribution in [-0.2, 0) is 4.79 Å². The predicted octanol–water partition coefficient (Wildman–Crippen LogP) is 2.26. The Balaban J connectivity index is 2.53. The van der Waals surface area contributed by atoms with Gasteiger partial charge in [0.1, 0.15) is 0 Å². The number of anilines is 1. The number of aryl methyl sites for hydroxylation is 3. The van der Waals surface area contributed by atoms with Crippen LogP contribution in [0.2, 0.25) is 0 Å². The van der Waals surface area contributed by atoms with Crippen LogP contribution in [0, 0.1) is 20.8 Å². The van der Waals surface area contributed by atoms with Crippen LogP contribution in [0.3, 0.4) is 0 Å². The maximum Gasteiger partial charge on any atom is 0.319 e. The minimum Gasteiger partial charge on any atom is -0.355 e. The Bertz CT molecular complexity index is 475. The van der Waals surface area contributed by atoms with Crippen molar-refractivity contribution >= 4 is 17.6 Å². The zero-order valence-corrected chi connectivity index (χ0v) is 12.6. The van der Waals surface area contributed by atoms with Crippen molar-refractivity contribution in [2.45, 2.75) is 34.1 Å². The van der Waals surface area contributed by atoms with Crippen LogP contribution < -0.4 is 16.0 Å². The molecular weight excluding hydrogens is 254 g/mol. The topological polar surface area (TPSA) is 70.2 Å². The second-order valence-electron chi connectivity index (χ2n) is 4.93. The van der Waals surface area contributed by atoms with Crippen LogP contribution in [0.15, 0.2) is 12.1 Å². The molecule has 0 saturated heterocycles. The molecule has 0 aliphatic carbocycles. The van der Waals surface area contributed by atoms with Gasteiger partial charge in [0.15, 0.2) is 0 Å². The molecule has 0 radical (unpaired) electrons. The van der Waals surface area contributed by atoms with Gasteiger partial charge in [-0.2, -0.15) is 0 Å². The minimum absolute atomic E-state index is 0.0181. The van der Waals surface area contributed by atoms with Gasteiger partial charge in [0.05, 0.1) is 6.54 Å². The minimum atomic E-state index is -0.369. The van der Waals surface area contributed by atoms with Crippen molar-refractivity contribution in [3.8, 4) is 0 Å². The summed E-state index contributed by atoms with van der Waals surface area (Å²) in [4.78, 5) is 23.2. The molecule has 0 aliphatic heterocycles. The second-order valence-corrected chi connectivity index (χ2v) is 4.93. The van der Waals surface area contributed by atoms with Crippen molar-refractivity contribution in [3.05, 3.63) is 28.8 Å². The summed E-state index contributed by atoms with van der Waals surface area (Å²) in [5.74, 6) is -0.181. The van der Waals surface area contributed by atoms with Gasteiger partial charge < -0.3 is 16.0 Å². The van der Waals surface area contributed by atoms with Gasteiger partial charge in [0.25, 0.3) is 0 Å². The Kier molecular flexibility index (Phi) is 6.03. The standard InChI is InChI=1S/C15H23N3O2/c1-5-6-16-13(19)9-17-15(20)18-14-11(3)7-10(2)8-12(14)4/h7-8H,5-6,9H2,1-4H3,(H,16,19)(H2,17,18,20). The molecular formula is C15H23N3O2. The first-order valence-corrected chi connectivity index (χ1v) is 6.83. The molecule has 0 spiro atoms. The van der Waals surface area contributed by atoms with E-state index in [1.54, 1.807) is 0 Å². The third kappa shape index (κ3) is 4.91. The Morgan fingerprint density at radius 1 is 1.05 bits per heavy atom. The van der Waals surface area contributed by atoms with E-state index in [0.29, 0.717) is 6.54 Å². The molecule has 0 aromatic heterocycles. The summed E-state index contributed by atoms with van der Waals surface area (Å²) in [5.41, 5.74) is 3.97. The van der Waals surface area contributed by atoms with E-state index in [4.69, 9.17) is 0 Å². The SMILES string of the molecule is CCCNC(=O)CNC(=O)Nc1c(C)cc(C)cc1C. The number of carbonyl (C=O) groups excluding carboxylic acids is 2. The lowest BCUT2D eigenvalue weighted by Gasteiger charge is -2.13. The number of rotatable bonds is 5. The fourth-order valence-corrected chi connectivity index (χ4v) is 2.02. The number of carbonyl (C=O) groups is 2. The van der Waals surface area contributed by atoms with E-state index in [2.05, 4.69) is 16.0 Å². The number of benzene rings is 1. The fraction of sp³-hybridized carbons (Fsp3) is 0.467. The molecule has 0 unspecified atom stereocenters. The third-order valence-electron chi connectivity index (χ3n) is 2.90. The van der Waals surface area contributed by atoms with Crippen LogP contribution in [0.4, 0.5) is 10.5 Å². The van der Waals surface area contributed by atoms with E-state index in [1.807, 2.05) is 39.8 Å². The summed E-state index contributed by atoms with van der Waals surface area (Å²) in [6.07, 6.45) is 0.875. The van der Waals surface area contributed by atoms with Gasteiger partial charge in [-0.3, -0.25) is 4.79 Å². The highest BCUT2D eigenvalue weighted by atomic mass is 16.2. The van der Waals surface area contributed by atoms with Gasteiger partial charge in [-0.15, -0.1) is 0 Å². The van der Waals surface area contributed by atoms with Crippen LogP contribution in [0.5, 0.6) is 0 Å². The van der Waals surface area contributed by atoms with Crippen LogP contribution in [0.25, 0.3) is 0 Å². The van der Waals surface area contributed by atoms with Crippen molar-refractivity contribution in [2.75, 3.05) is 18.4 Å². The van der Waals surface area contributed by atoms with Crippen molar-refractivity contribution in [2.24, 2.45) is 0 Å². The van der Waals surface area contributed by atoms with Gasteiger partial charge in [-0.05, 0) is 38.3 Å². The zero-order valence-electron chi connectivity index (χ0n) is 12.6. The van der Waals surface area contributed by atoms with Gasteiger partial charge in [0.2, 0.25) is 5.91 Å². The Morgan fingerprint density at radius 3 is 2.20 bits per heavy atom. The summed E-state index contributed by atoms with van der Waals surface area (Å²) in [6.45, 7) is 8.49. The Hall–Kier alpha value is -2.04. The first kappa shape index (κ1) is 16.0. The molecule has 0 atom stereocenters. The van der Waals surface area contributed by atoms with E-state index >= 15 is 0 Å². The van der Waals surface area contributed by atoms with Gasteiger partial charge >= 0.3 is 6.03 Å². The van der Waals surface area contributed by atoms with Gasteiger partial charge in [-0.25, -0.2) is 4.79 Å². The molecule has 1 aromatic carbocycles. The van der Waals surface area contributed by atoms with Crippen molar-refractivity contribution in [1.29, 1.82) is 0 Å². The molecule has 0 aliphatic rings. The maximum absolute atomic E-state index is 11.8. The average molecular weight is 277 g/mol. The van der Waals surface area contributed by atoms with Crippen LogP contribution in [0.1, 0.15) is 30.0 Å². The number of nitrogens with one attached hydrogen (secondary N) is 3. The predicted molar refractivity (Wildman–Crippen MR) is 81.0 cm³/mol. The van der Waals surface area contributed by atoms with Crippen molar-refractivity contribution < 1.29 is 9.59 Å². The smallest absolute Gasteiger partial charge is 0.319 e. The third-order valence-corrected chi connectivity index (χ3v) is 2.90. The second kappa shape index (κ2) is 7.53. The van der Waals surface area contributed by atoms with E-state index in [-0.39, 0.29) is 18.5 Å². The molecule has 5 nitrogen and oxygen atoms in total. The van der Waals surface area contributed by atoms with E-state index in [1.165, 1.54) is 0 Å². The number of urea groups is 1.